The summed E-state index contributed by atoms with van der Waals surface area (Å²) in [6.45, 7) is 0. The van der Waals surface area contributed by atoms with Gasteiger partial charge in [0, 0.05) is 22.6 Å². The molecule has 0 aliphatic heterocycles. The van der Waals surface area contributed by atoms with Crippen LogP contribution in [0.3, 0.4) is 0 Å². The van der Waals surface area contributed by atoms with Crippen molar-refractivity contribution >= 4 is 23.2 Å². The molecule has 0 spiro atoms. The molecule has 0 unspecified atom stereocenters. The van der Waals surface area contributed by atoms with Gasteiger partial charge in [0.15, 0.2) is 17.3 Å². The molecule has 180 valence electrons. The van der Waals surface area contributed by atoms with Gasteiger partial charge in [-0.15, -0.1) is 11.3 Å². The molecular weight excluding hydrogens is 479 g/mol. The molecule has 0 saturated heterocycles. The maximum absolute atomic E-state index is 14.3. The van der Waals surface area contributed by atoms with Crippen molar-refractivity contribution in [1.82, 2.24) is 4.68 Å². The summed E-state index contributed by atoms with van der Waals surface area (Å²) in [7, 11) is 4.52. The number of hydrogen-bond donors (Lipinski definition) is 0. The Hall–Kier alpha value is -4.05. The number of benzene rings is 3. The summed E-state index contributed by atoms with van der Waals surface area (Å²) in [6.07, 6.45) is 1.55. The molecule has 4 aromatic rings. The first-order valence-electron chi connectivity index (χ1n) is 10.2. The first-order chi connectivity index (χ1) is 16.9. The Morgan fingerprint density at radius 3 is 2.09 bits per heavy atom. The molecule has 1 heterocycles. The van der Waals surface area contributed by atoms with Crippen molar-refractivity contribution in [2.75, 3.05) is 21.3 Å². The fourth-order valence-electron chi connectivity index (χ4n) is 3.28. The second-order valence-electron chi connectivity index (χ2n) is 7.13. The number of halogens is 3. The van der Waals surface area contributed by atoms with Gasteiger partial charge < -0.3 is 14.2 Å². The third-order valence-corrected chi connectivity index (χ3v) is 5.78. The van der Waals surface area contributed by atoms with E-state index >= 15 is 0 Å². The van der Waals surface area contributed by atoms with Gasteiger partial charge in [-0.3, -0.25) is 0 Å². The zero-order valence-electron chi connectivity index (χ0n) is 19.0. The van der Waals surface area contributed by atoms with Gasteiger partial charge in [-0.05, 0) is 48.5 Å². The molecular formula is C25H20F3N3O3S. The van der Waals surface area contributed by atoms with Crippen molar-refractivity contribution in [3.8, 4) is 28.5 Å². The smallest absolute Gasteiger partial charge is 0.211 e. The lowest BCUT2D eigenvalue weighted by Crippen LogP contribution is -2.12. The molecule has 35 heavy (non-hydrogen) atoms. The molecule has 0 N–H and O–H groups in total. The van der Waals surface area contributed by atoms with Gasteiger partial charge >= 0.3 is 0 Å². The number of methoxy groups -OCH3 is 3. The van der Waals surface area contributed by atoms with Crippen LogP contribution >= 0.6 is 11.3 Å². The van der Waals surface area contributed by atoms with Gasteiger partial charge in [-0.25, -0.2) is 22.8 Å². The van der Waals surface area contributed by atoms with Crippen LogP contribution in [0, 0.1) is 17.5 Å². The van der Waals surface area contributed by atoms with Crippen molar-refractivity contribution < 1.29 is 27.4 Å². The van der Waals surface area contributed by atoms with Gasteiger partial charge in [0.2, 0.25) is 10.6 Å². The highest BCUT2D eigenvalue weighted by atomic mass is 32.1. The highest BCUT2D eigenvalue weighted by molar-refractivity contribution is 7.07. The number of aromatic nitrogens is 1. The van der Waals surface area contributed by atoms with Crippen LogP contribution in [0.25, 0.3) is 11.3 Å². The summed E-state index contributed by atoms with van der Waals surface area (Å²) in [6, 6.07) is 12.4. The number of nitrogens with zero attached hydrogens (tertiary/aromatic N) is 3. The van der Waals surface area contributed by atoms with Gasteiger partial charge in [0.05, 0.1) is 33.2 Å². The Balaban J connectivity index is 1.86. The van der Waals surface area contributed by atoms with Crippen molar-refractivity contribution in [3.63, 3.8) is 0 Å². The Morgan fingerprint density at radius 2 is 1.49 bits per heavy atom. The third-order valence-electron chi connectivity index (χ3n) is 4.96. The van der Waals surface area contributed by atoms with E-state index in [2.05, 4.69) is 10.1 Å². The zero-order chi connectivity index (χ0) is 24.9. The van der Waals surface area contributed by atoms with E-state index < -0.39 is 11.6 Å². The summed E-state index contributed by atoms with van der Waals surface area (Å²) in [5, 5.41) is 6.31. The minimum absolute atomic E-state index is 0.0457. The topological polar surface area (TPSA) is 57.3 Å². The first kappa shape index (κ1) is 24.1. The number of thiazole rings is 1. The second kappa shape index (κ2) is 10.5. The molecule has 6 nitrogen and oxygen atoms in total. The highest BCUT2D eigenvalue weighted by Crippen LogP contribution is 2.37. The lowest BCUT2D eigenvalue weighted by molar-refractivity contribution is 0.324. The fourth-order valence-corrected chi connectivity index (χ4v) is 4.13. The van der Waals surface area contributed by atoms with E-state index in [-0.39, 0.29) is 11.5 Å². The number of rotatable bonds is 7. The average molecular weight is 500 g/mol. The predicted molar refractivity (Wildman–Crippen MR) is 128 cm³/mol. The molecule has 3 aromatic carbocycles. The summed E-state index contributed by atoms with van der Waals surface area (Å²) in [4.78, 5) is 4.65. The zero-order valence-corrected chi connectivity index (χ0v) is 19.8. The Morgan fingerprint density at radius 1 is 0.829 bits per heavy atom. The van der Waals surface area contributed by atoms with Gasteiger partial charge in [0.25, 0.3) is 0 Å². The van der Waals surface area contributed by atoms with E-state index in [1.54, 1.807) is 35.9 Å². The van der Waals surface area contributed by atoms with E-state index in [1.807, 2.05) is 0 Å². The maximum atomic E-state index is 14.3. The van der Waals surface area contributed by atoms with Crippen LogP contribution in [-0.2, 0) is 0 Å². The molecule has 0 amide bonds. The van der Waals surface area contributed by atoms with Gasteiger partial charge in [-0.2, -0.15) is 5.10 Å². The summed E-state index contributed by atoms with van der Waals surface area (Å²) in [5.41, 5.74) is 1.85. The van der Waals surface area contributed by atoms with Gasteiger partial charge in [0.1, 0.15) is 17.3 Å². The Bertz CT molecular complexity index is 1420. The van der Waals surface area contributed by atoms with E-state index in [0.29, 0.717) is 38.9 Å². The van der Waals surface area contributed by atoms with E-state index in [0.717, 1.165) is 12.1 Å². The molecule has 0 saturated carbocycles. The lowest BCUT2D eigenvalue weighted by atomic mass is 10.2. The molecule has 1 aromatic heterocycles. The van der Waals surface area contributed by atoms with E-state index in [1.165, 1.54) is 55.5 Å². The van der Waals surface area contributed by atoms with Crippen LogP contribution in [0.5, 0.6) is 17.2 Å². The SMILES string of the molecule is COc1cc(C=Nn2c(-c3ccc(F)cc3)csc2=Nc2ccc(F)cc2F)cc(OC)c1OC. The van der Waals surface area contributed by atoms with Crippen LogP contribution in [0.1, 0.15) is 5.56 Å². The van der Waals surface area contributed by atoms with Crippen molar-refractivity contribution in [2.24, 2.45) is 10.1 Å². The Kier molecular flexibility index (Phi) is 7.21. The predicted octanol–water partition coefficient (Wildman–Crippen LogP) is 5.77. The molecule has 0 bridgehead atoms. The van der Waals surface area contributed by atoms with E-state index in [9.17, 15) is 13.2 Å². The van der Waals surface area contributed by atoms with Crippen LogP contribution < -0.4 is 19.0 Å². The molecule has 0 fully saturated rings. The van der Waals surface area contributed by atoms with E-state index in [4.69, 9.17) is 14.2 Å². The highest BCUT2D eigenvalue weighted by Gasteiger charge is 2.13. The molecule has 0 aliphatic rings. The van der Waals surface area contributed by atoms with Crippen LogP contribution in [-0.4, -0.2) is 32.2 Å². The quantitative estimate of drug-likeness (QED) is 0.303. The molecule has 0 aliphatic carbocycles. The molecule has 4 rings (SSSR count). The molecule has 0 radical (unpaired) electrons. The standard InChI is InChI=1S/C25H20F3N3O3S/c1-32-22-10-15(11-23(33-2)24(22)34-3)13-29-31-21(16-4-6-17(26)7-5-16)14-35-25(31)30-20-9-8-18(27)12-19(20)28/h4-14H,1-3H3. The minimum atomic E-state index is -0.804. The van der Waals surface area contributed by atoms with Crippen molar-refractivity contribution in [3.05, 3.63) is 87.8 Å². The number of hydrogen-bond acceptors (Lipinski definition) is 6. The molecule has 10 heteroatoms. The summed E-state index contributed by atoms with van der Waals surface area (Å²) in [5.74, 6) is -0.560. The molecule has 0 atom stereocenters. The Labute approximate surface area is 203 Å². The van der Waals surface area contributed by atoms with Gasteiger partial charge in [-0.1, -0.05) is 0 Å². The number of ether oxygens (including phenoxy) is 3. The fraction of sp³-hybridized carbons (Fsp3) is 0.120. The lowest BCUT2D eigenvalue weighted by Gasteiger charge is -2.12. The normalized spacial score (nSPS) is 11.8. The van der Waals surface area contributed by atoms with Crippen LogP contribution in [0.15, 0.2) is 70.1 Å². The van der Waals surface area contributed by atoms with Crippen LogP contribution in [0.2, 0.25) is 0 Å². The average Bonchev–Trinajstić information content (AvgIpc) is 3.26. The minimum Gasteiger partial charge on any atom is -0.493 e. The maximum Gasteiger partial charge on any atom is 0.211 e. The van der Waals surface area contributed by atoms with Crippen molar-refractivity contribution in [1.29, 1.82) is 0 Å². The largest absolute Gasteiger partial charge is 0.493 e. The summed E-state index contributed by atoms with van der Waals surface area (Å²) < 4.78 is 58.7. The van der Waals surface area contributed by atoms with Crippen LogP contribution in [0.4, 0.5) is 18.9 Å². The first-order valence-corrected chi connectivity index (χ1v) is 11.1. The van der Waals surface area contributed by atoms with Crippen molar-refractivity contribution in [2.45, 2.75) is 0 Å². The third kappa shape index (κ3) is 5.22. The summed E-state index contributed by atoms with van der Waals surface area (Å²) >= 11 is 1.20. The monoisotopic (exact) mass is 499 g/mol. The second-order valence-corrected chi connectivity index (χ2v) is 7.97.